The van der Waals surface area contributed by atoms with Gasteiger partial charge in [0.05, 0.1) is 0 Å². The van der Waals surface area contributed by atoms with Crippen molar-refractivity contribution in [2.45, 2.75) is 26.8 Å². The van der Waals surface area contributed by atoms with Crippen LogP contribution in [0.5, 0.6) is 0 Å². The van der Waals surface area contributed by atoms with Crippen LogP contribution in [0.4, 0.5) is 10.5 Å². The second-order valence-corrected chi connectivity index (χ2v) is 5.69. The van der Waals surface area contributed by atoms with Gasteiger partial charge in [0.2, 0.25) is 0 Å². The molecule has 2 aromatic carbocycles. The van der Waals surface area contributed by atoms with Crippen molar-refractivity contribution >= 4 is 11.7 Å². The summed E-state index contributed by atoms with van der Waals surface area (Å²) in [7, 11) is 0. The van der Waals surface area contributed by atoms with Gasteiger partial charge in [-0.15, -0.1) is 0 Å². The molecule has 0 saturated carbocycles. The fourth-order valence-electron chi connectivity index (χ4n) is 2.73. The zero-order chi connectivity index (χ0) is 14.8. The molecule has 2 amide bonds. The van der Waals surface area contributed by atoms with Gasteiger partial charge in [-0.2, -0.15) is 0 Å². The van der Waals surface area contributed by atoms with E-state index >= 15 is 0 Å². The first-order valence-corrected chi connectivity index (χ1v) is 7.33. The first-order valence-electron chi connectivity index (χ1n) is 7.33. The number of amides is 2. The van der Waals surface area contributed by atoms with Gasteiger partial charge in [-0.3, -0.25) is 0 Å². The van der Waals surface area contributed by atoms with Gasteiger partial charge in [-0.25, -0.2) is 4.79 Å². The van der Waals surface area contributed by atoms with E-state index in [1.165, 1.54) is 11.1 Å². The third-order valence-corrected chi connectivity index (χ3v) is 4.05. The summed E-state index contributed by atoms with van der Waals surface area (Å²) < 4.78 is 0. The number of benzene rings is 2. The van der Waals surface area contributed by atoms with Crippen LogP contribution < -0.4 is 5.32 Å². The standard InChI is InChI=1S/C18H20N2O/c1-13-7-8-14(2)17(11-13)19-18(21)20-10-9-15-5-3-4-6-16(15)12-20/h3-8,11H,9-10,12H2,1-2H3,(H,19,21). The van der Waals surface area contributed by atoms with Gasteiger partial charge in [0, 0.05) is 18.8 Å². The van der Waals surface area contributed by atoms with Crippen molar-refractivity contribution in [3.63, 3.8) is 0 Å². The predicted molar refractivity (Wildman–Crippen MR) is 85.5 cm³/mol. The normalized spacial score (nSPS) is 13.7. The number of hydrogen-bond donors (Lipinski definition) is 1. The molecule has 0 fully saturated rings. The number of carbonyl (C=O) groups is 1. The molecule has 1 N–H and O–H groups in total. The highest BCUT2D eigenvalue weighted by Crippen LogP contribution is 2.21. The van der Waals surface area contributed by atoms with Crippen LogP contribution in [-0.4, -0.2) is 17.5 Å². The minimum atomic E-state index is -0.0156. The van der Waals surface area contributed by atoms with Gasteiger partial charge in [-0.1, -0.05) is 36.4 Å². The van der Waals surface area contributed by atoms with E-state index in [4.69, 9.17) is 0 Å². The molecule has 3 heteroatoms. The van der Waals surface area contributed by atoms with Gasteiger partial charge < -0.3 is 10.2 Å². The van der Waals surface area contributed by atoms with Gasteiger partial charge in [0.1, 0.15) is 0 Å². The molecule has 2 aromatic rings. The van der Waals surface area contributed by atoms with Crippen molar-refractivity contribution in [1.82, 2.24) is 4.90 Å². The number of urea groups is 1. The van der Waals surface area contributed by atoms with Crippen LogP contribution in [0.25, 0.3) is 0 Å². The lowest BCUT2D eigenvalue weighted by atomic mass is 10.0. The molecule has 0 radical (unpaired) electrons. The number of anilines is 1. The van der Waals surface area contributed by atoms with Crippen LogP contribution >= 0.6 is 0 Å². The molecule has 1 aliphatic heterocycles. The van der Waals surface area contributed by atoms with Crippen molar-refractivity contribution in [1.29, 1.82) is 0 Å². The summed E-state index contributed by atoms with van der Waals surface area (Å²) in [6.45, 7) is 5.51. The molecule has 1 heterocycles. The molecule has 3 nitrogen and oxygen atoms in total. The van der Waals surface area contributed by atoms with Crippen molar-refractivity contribution in [3.05, 3.63) is 64.7 Å². The van der Waals surface area contributed by atoms with E-state index in [0.29, 0.717) is 6.54 Å². The van der Waals surface area contributed by atoms with Crippen LogP contribution in [0.2, 0.25) is 0 Å². The summed E-state index contributed by atoms with van der Waals surface area (Å²) >= 11 is 0. The van der Waals surface area contributed by atoms with Crippen LogP contribution in [0.15, 0.2) is 42.5 Å². The van der Waals surface area contributed by atoms with E-state index < -0.39 is 0 Å². The Morgan fingerprint density at radius 3 is 2.67 bits per heavy atom. The number of fused-ring (bicyclic) bond motifs is 1. The molecule has 0 aromatic heterocycles. The second-order valence-electron chi connectivity index (χ2n) is 5.69. The van der Waals surface area contributed by atoms with Crippen LogP contribution in [0, 0.1) is 13.8 Å². The maximum absolute atomic E-state index is 12.5. The first kappa shape index (κ1) is 13.7. The largest absolute Gasteiger partial charge is 0.322 e. The smallest absolute Gasteiger partial charge is 0.320 e. The highest BCUT2D eigenvalue weighted by molar-refractivity contribution is 5.90. The third kappa shape index (κ3) is 2.92. The Bertz CT molecular complexity index is 679. The van der Waals surface area contributed by atoms with Crippen LogP contribution in [0.3, 0.4) is 0 Å². The van der Waals surface area contributed by atoms with E-state index in [1.807, 2.05) is 36.9 Å². The van der Waals surface area contributed by atoms with Gasteiger partial charge in [0.25, 0.3) is 0 Å². The van der Waals surface area contributed by atoms with Gasteiger partial charge in [-0.05, 0) is 48.6 Å². The Balaban J connectivity index is 1.74. The molecular formula is C18H20N2O. The molecule has 0 bridgehead atoms. The number of aryl methyl sites for hydroxylation is 2. The molecule has 0 saturated heterocycles. The zero-order valence-corrected chi connectivity index (χ0v) is 12.5. The minimum Gasteiger partial charge on any atom is -0.320 e. The maximum Gasteiger partial charge on any atom is 0.322 e. The molecule has 1 aliphatic rings. The molecular weight excluding hydrogens is 260 g/mol. The minimum absolute atomic E-state index is 0.0156. The molecule has 0 aliphatic carbocycles. The third-order valence-electron chi connectivity index (χ3n) is 4.05. The molecule has 21 heavy (non-hydrogen) atoms. The second kappa shape index (κ2) is 5.60. The summed E-state index contributed by atoms with van der Waals surface area (Å²) in [5.41, 5.74) is 5.75. The lowest BCUT2D eigenvalue weighted by Crippen LogP contribution is -2.39. The number of carbonyl (C=O) groups excluding carboxylic acids is 1. The SMILES string of the molecule is Cc1ccc(C)c(NC(=O)N2CCc3ccccc3C2)c1. The van der Waals surface area contributed by atoms with E-state index in [0.717, 1.165) is 29.8 Å². The first-order chi connectivity index (χ1) is 10.1. The summed E-state index contributed by atoms with van der Waals surface area (Å²) in [6.07, 6.45) is 0.927. The van der Waals surface area contributed by atoms with Crippen molar-refractivity contribution in [3.8, 4) is 0 Å². The van der Waals surface area contributed by atoms with Crippen molar-refractivity contribution < 1.29 is 4.79 Å². The fourth-order valence-corrected chi connectivity index (χ4v) is 2.73. The fraction of sp³-hybridized carbons (Fsp3) is 0.278. The van der Waals surface area contributed by atoms with E-state index in [2.05, 4.69) is 29.6 Å². The molecule has 108 valence electrons. The quantitative estimate of drug-likeness (QED) is 0.844. The molecule has 0 spiro atoms. The summed E-state index contributed by atoms with van der Waals surface area (Å²) in [4.78, 5) is 14.3. The highest BCUT2D eigenvalue weighted by atomic mass is 16.2. The molecule has 3 rings (SSSR count). The monoisotopic (exact) mass is 280 g/mol. The van der Waals surface area contributed by atoms with Crippen molar-refractivity contribution in [2.75, 3.05) is 11.9 Å². The Morgan fingerprint density at radius 1 is 1.10 bits per heavy atom. The Labute approximate surface area is 125 Å². The van der Waals surface area contributed by atoms with Crippen LogP contribution in [-0.2, 0) is 13.0 Å². The van der Waals surface area contributed by atoms with Crippen LogP contribution in [0.1, 0.15) is 22.3 Å². The number of nitrogens with one attached hydrogen (secondary N) is 1. The summed E-state index contributed by atoms with van der Waals surface area (Å²) in [6, 6.07) is 14.4. The average Bonchev–Trinajstić information content (AvgIpc) is 2.50. The zero-order valence-electron chi connectivity index (χ0n) is 12.5. The van der Waals surface area contributed by atoms with Gasteiger partial charge >= 0.3 is 6.03 Å². The lowest BCUT2D eigenvalue weighted by Gasteiger charge is -2.29. The number of rotatable bonds is 1. The van der Waals surface area contributed by atoms with E-state index in [1.54, 1.807) is 0 Å². The van der Waals surface area contributed by atoms with Gasteiger partial charge in [0.15, 0.2) is 0 Å². The number of nitrogens with zero attached hydrogens (tertiary/aromatic N) is 1. The maximum atomic E-state index is 12.5. The lowest BCUT2D eigenvalue weighted by molar-refractivity contribution is 0.206. The highest BCUT2D eigenvalue weighted by Gasteiger charge is 2.20. The van der Waals surface area contributed by atoms with E-state index in [-0.39, 0.29) is 6.03 Å². The Hall–Kier alpha value is -2.29. The predicted octanol–water partition coefficient (Wildman–Crippen LogP) is 3.89. The summed E-state index contributed by atoms with van der Waals surface area (Å²) in [5.74, 6) is 0. The van der Waals surface area contributed by atoms with Crippen molar-refractivity contribution in [2.24, 2.45) is 0 Å². The van der Waals surface area contributed by atoms with E-state index in [9.17, 15) is 4.79 Å². The number of hydrogen-bond acceptors (Lipinski definition) is 1. The summed E-state index contributed by atoms with van der Waals surface area (Å²) in [5, 5.41) is 3.04. The Morgan fingerprint density at radius 2 is 1.86 bits per heavy atom. The molecule has 0 unspecified atom stereocenters. The average molecular weight is 280 g/mol. The Kier molecular flexibility index (Phi) is 3.65. The topological polar surface area (TPSA) is 32.3 Å². The molecule has 0 atom stereocenters.